The number of likely N-dealkylation sites (N-methyl/N-ethyl adjacent to an activating group) is 1. The highest BCUT2D eigenvalue weighted by Gasteiger charge is 2.21. The van der Waals surface area contributed by atoms with E-state index in [1.54, 1.807) is 6.20 Å². The first kappa shape index (κ1) is 15.1. The predicted molar refractivity (Wildman–Crippen MR) is 80.4 cm³/mol. The van der Waals surface area contributed by atoms with Gasteiger partial charge in [-0.05, 0) is 20.2 Å². The van der Waals surface area contributed by atoms with Crippen molar-refractivity contribution in [2.75, 3.05) is 33.7 Å². The van der Waals surface area contributed by atoms with Gasteiger partial charge in [0.1, 0.15) is 6.54 Å². The van der Waals surface area contributed by atoms with Crippen LogP contribution in [0, 0.1) is 0 Å². The summed E-state index contributed by atoms with van der Waals surface area (Å²) in [5.74, 6) is -1.28. The minimum atomic E-state index is -1.01. The molecule has 0 unspecified atom stereocenters. The zero-order chi connectivity index (χ0) is 15.4. The van der Waals surface area contributed by atoms with E-state index < -0.39 is 5.97 Å². The Morgan fingerprint density at radius 3 is 2.57 bits per heavy atom. The maximum atomic E-state index is 12.6. The molecule has 0 spiro atoms. The van der Waals surface area contributed by atoms with E-state index in [1.165, 1.54) is 4.90 Å². The lowest BCUT2D eigenvalue weighted by atomic mass is 10.1. The van der Waals surface area contributed by atoms with Crippen molar-refractivity contribution in [2.45, 2.75) is 0 Å². The summed E-state index contributed by atoms with van der Waals surface area (Å²) in [7, 11) is 3.77. The van der Waals surface area contributed by atoms with E-state index in [9.17, 15) is 9.59 Å². The minimum absolute atomic E-state index is 0.267. The van der Waals surface area contributed by atoms with Crippen LogP contribution < -0.4 is 0 Å². The Hall–Kier alpha value is -2.34. The smallest absolute Gasteiger partial charge is 0.323 e. The molecule has 1 aromatic heterocycles. The van der Waals surface area contributed by atoms with Gasteiger partial charge >= 0.3 is 5.97 Å². The fourth-order valence-electron chi connectivity index (χ4n) is 2.16. The summed E-state index contributed by atoms with van der Waals surface area (Å²) in [5.41, 5.74) is 1.37. The lowest BCUT2D eigenvalue weighted by Gasteiger charge is -2.22. The number of carboxylic acid groups (broad SMARTS) is 1. The van der Waals surface area contributed by atoms with Gasteiger partial charge in [0.05, 0.1) is 5.56 Å². The number of aromatic amines is 1. The van der Waals surface area contributed by atoms with Gasteiger partial charge in [-0.25, -0.2) is 0 Å². The monoisotopic (exact) mass is 289 g/mol. The number of carbonyl (C=O) groups excluding carboxylic acids is 1. The molecule has 0 radical (unpaired) electrons. The van der Waals surface area contributed by atoms with E-state index in [1.807, 2.05) is 43.3 Å². The molecule has 112 valence electrons. The number of benzene rings is 1. The molecule has 6 nitrogen and oxygen atoms in total. The minimum Gasteiger partial charge on any atom is -0.480 e. The van der Waals surface area contributed by atoms with Crippen molar-refractivity contribution < 1.29 is 14.7 Å². The molecule has 1 heterocycles. The first-order valence-corrected chi connectivity index (χ1v) is 6.71. The van der Waals surface area contributed by atoms with Crippen LogP contribution in [0.25, 0.3) is 10.9 Å². The number of aliphatic carboxylic acids is 1. The van der Waals surface area contributed by atoms with Crippen LogP contribution in [0.5, 0.6) is 0 Å². The number of hydrogen-bond acceptors (Lipinski definition) is 3. The van der Waals surface area contributed by atoms with Crippen molar-refractivity contribution in [1.82, 2.24) is 14.8 Å². The van der Waals surface area contributed by atoms with Crippen LogP contribution in [0.1, 0.15) is 10.4 Å². The Morgan fingerprint density at radius 1 is 1.19 bits per heavy atom. The van der Waals surface area contributed by atoms with Crippen LogP contribution in [0.4, 0.5) is 0 Å². The van der Waals surface area contributed by atoms with Gasteiger partial charge in [0.2, 0.25) is 0 Å². The van der Waals surface area contributed by atoms with Gasteiger partial charge in [-0.1, -0.05) is 18.2 Å². The van der Waals surface area contributed by atoms with Gasteiger partial charge in [-0.15, -0.1) is 0 Å². The number of nitrogens with one attached hydrogen (secondary N) is 1. The third-order valence-electron chi connectivity index (χ3n) is 3.25. The molecule has 2 rings (SSSR count). The third-order valence-corrected chi connectivity index (χ3v) is 3.25. The Bertz CT molecular complexity index is 648. The summed E-state index contributed by atoms with van der Waals surface area (Å²) in [6.07, 6.45) is 1.64. The Labute approximate surface area is 123 Å². The summed E-state index contributed by atoms with van der Waals surface area (Å²) < 4.78 is 0. The van der Waals surface area contributed by atoms with Gasteiger partial charge in [0.15, 0.2) is 0 Å². The van der Waals surface area contributed by atoms with Crippen LogP contribution in [-0.4, -0.2) is 65.5 Å². The highest BCUT2D eigenvalue weighted by atomic mass is 16.4. The van der Waals surface area contributed by atoms with Crippen molar-refractivity contribution in [2.24, 2.45) is 0 Å². The van der Waals surface area contributed by atoms with E-state index in [-0.39, 0.29) is 12.5 Å². The van der Waals surface area contributed by atoms with Crippen molar-refractivity contribution in [3.05, 3.63) is 36.0 Å². The summed E-state index contributed by atoms with van der Waals surface area (Å²) in [4.78, 5) is 29.9. The summed E-state index contributed by atoms with van der Waals surface area (Å²) in [6, 6.07) is 7.47. The highest BCUT2D eigenvalue weighted by Crippen LogP contribution is 2.19. The molecule has 2 aromatic rings. The molecular formula is C15H19N3O3. The molecule has 1 amide bonds. The SMILES string of the molecule is CN(C)CCN(CC(=O)O)C(=O)c1c[nH]c2ccccc12. The number of aromatic nitrogens is 1. The Kier molecular flexibility index (Phi) is 4.59. The zero-order valence-electron chi connectivity index (χ0n) is 12.2. The largest absolute Gasteiger partial charge is 0.480 e. The quantitative estimate of drug-likeness (QED) is 0.839. The number of amides is 1. The number of nitrogens with zero attached hydrogens (tertiary/aromatic N) is 2. The highest BCUT2D eigenvalue weighted by molar-refractivity contribution is 6.07. The van der Waals surface area contributed by atoms with Crippen molar-refractivity contribution in [3.8, 4) is 0 Å². The van der Waals surface area contributed by atoms with E-state index in [0.29, 0.717) is 18.7 Å². The molecule has 0 bridgehead atoms. The molecule has 21 heavy (non-hydrogen) atoms. The van der Waals surface area contributed by atoms with Crippen LogP contribution in [0.15, 0.2) is 30.5 Å². The standard InChI is InChI=1S/C15H19N3O3/c1-17(2)7-8-18(10-14(19)20)15(21)12-9-16-13-6-4-3-5-11(12)13/h3-6,9,16H,7-8,10H2,1-2H3,(H,19,20). The fourth-order valence-corrected chi connectivity index (χ4v) is 2.16. The number of carboxylic acids is 1. The molecule has 0 atom stereocenters. The molecule has 0 fully saturated rings. The molecule has 1 aromatic carbocycles. The number of para-hydroxylation sites is 1. The molecule has 0 aliphatic heterocycles. The summed E-state index contributed by atoms with van der Waals surface area (Å²) >= 11 is 0. The van der Waals surface area contributed by atoms with E-state index in [0.717, 1.165) is 10.9 Å². The molecule has 0 saturated carbocycles. The maximum Gasteiger partial charge on any atom is 0.323 e. The molecule has 0 aliphatic rings. The van der Waals surface area contributed by atoms with Crippen LogP contribution >= 0.6 is 0 Å². The van der Waals surface area contributed by atoms with Gasteiger partial charge in [0, 0.05) is 30.2 Å². The van der Waals surface area contributed by atoms with Gasteiger partial charge in [0.25, 0.3) is 5.91 Å². The lowest BCUT2D eigenvalue weighted by molar-refractivity contribution is -0.137. The molecule has 6 heteroatoms. The van der Waals surface area contributed by atoms with Crippen molar-refractivity contribution >= 4 is 22.8 Å². The molecule has 0 aliphatic carbocycles. The summed E-state index contributed by atoms with van der Waals surface area (Å²) in [5, 5.41) is 9.80. The van der Waals surface area contributed by atoms with Gasteiger partial charge < -0.3 is 19.9 Å². The average Bonchev–Trinajstić information content (AvgIpc) is 2.86. The fraction of sp³-hybridized carbons (Fsp3) is 0.333. The number of carbonyl (C=O) groups is 2. The lowest BCUT2D eigenvalue weighted by Crippen LogP contribution is -2.39. The van der Waals surface area contributed by atoms with Crippen molar-refractivity contribution in [3.63, 3.8) is 0 Å². The van der Waals surface area contributed by atoms with Crippen LogP contribution in [-0.2, 0) is 4.79 Å². The topological polar surface area (TPSA) is 76.6 Å². The normalized spacial score (nSPS) is 11.0. The second-order valence-electron chi connectivity index (χ2n) is 5.17. The Balaban J connectivity index is 2.26. The second-order valence-corrected chi connectivity index (χ2v) is 5.17. The average molecular weight is 289 g/mol. The number of H-pyrrole nitrogens is 1. The van der Waals surface area contributed by atoms with Crippen LogP contribution in [0.3, 0.4) is 0 Å². The first-order valence-electron chi connectivity index (χ1n) is 6.71. The van der Waals surface area contributed by atoms with E-state index >= 15 is 0 Å². The van der Waals surface area contributed by atoms with Crippen molar-refractivity contribution in [1.29, 1.82) is 0 Å². The number of fused-ring (bicyclic) bond motifs is 1. The van der Waals surface area contributed by atoms with E-state index in [4.69, 9.17) is 5.11 Å². The number of rotatable bonds is 6. The van der Waals surface area contributed by atoms with E-state index in [2.05, 4.69) is 4.98 Å². The second kappa shape index (κ2) is 6.41. The Morgan fingerprint density at radius 2 is 1.90 bits per heavy atom. The number of hydrogen-bond donors (Lipinski definition) is 2. The molecule has 0 saturated heterocycles. The van der Waals surface area contributed by atoms with Gasteiger partial charge in [-0.2, -0.15) is 0 Å². The zero-order valence-corrected chi connectivity index (χ0v) is 12.2. The summed E-state index contributed by atoms with van der Waals surface area (Å²) in [6.45, 7) is 0.686. The first-order chi connectivity index (χ1) is 9.99. The third kappa shape index (κ3) is 3.61. The van der Waals surface area contributed by atoms with Crippen LogP contribution in [0.2, 0.25) is 0 Å². The predicted octanol–water partition coefficient (Wildman–Crippen LogP) is 1.26. The van der Waals surface area contributed by atoms with Gasteiger partial charge in [-0.3, -0.25) is 9.59 Å². The molecular weight excluding hydrogens is 270 g/mol. The maximum absolute atomic E-state index is 12.6. The molecule has 2 N–H and O–H groups in total.